The second-order valence-corrected chi connectivity index (χ2v) is 7.12. The monoisotopic (exact) mass is 415 g/mol. The third-order valence-electron chi connectivity index (χ3n) is 3.99. The van der Waals surface area contributed by atoms with Crippen molar-refractivity contribution in [2.75, 3.05) is 0 Å². The van der Waals surface area contributed by atoms with Crippen molar-refractivity contribution in [3.05, 3.63) is 81.5 Å². The molecule has 0 fully saturated rings. The molecule has 0 aromatic heterocycles. The lowest BCUT2D eigenvalue weighted by molar-refractivity contribution is -0.118. The minimum absolute atomic E-state index is 0.117. The molecule has 1 aliphatic heterocycles. The van der Waals surface area contributed by atoms with Gasteiger partial charge in [-0.15, -0.1) is 0 Å². The molecule has 0 spiro atoms. The number of amides is 1. The highest BCUT2D eigenvalue weighted by Crippen LogP contribution is 2.28. The van der Waals surface area contributed by atoms with E-state index in [1.807, 2.05) is 61.5 Å². The molecule has 1 heterocycles. The summed E-state index contributed by atoms with van der Waals surface area (Å²) < 4.78 is 0.956. The summed E-state index contributed by atoms with van der Waals surface area (Å²) in [4.78, 5) is 12.9. The maximum absolute atomic E-state index is 12.9. The van der Waals surface area contributed by atoms with E-state index in [1.165, 1.54) is 0 Å². The Kier molecular flexibility index (Phi) is 5.50. The summed E-state index contributed by atoms with van der Waals surface area (Å²) in [5.41, 5.74) is 3.43. The normalized spacial score (nSPS) is 16.9. The molecule has 0 saturated carbocycles. The number of thiocarbonyl (C=S) groups is 1. The minimum Gasteiger partial charge on any atom is -0.351 e. The van der Waals surface area contributed by atoms with Crippen LogP contribution in [0.2, 0.25) is 0 Å². The quantitative estimate of drug-likeness (QED) is 0.668. The highest BCUT2D eigenvalue weighted by atomic mass is 79.9. The van der Waals surface area contributed by atoms with E-state index in [0.29, 0.717) is 17.2 Å². The zero-order valence-corrected chi connectivity index (χ0v) is 16.1. The fourth-order valence-electron chi connectivity index (χ4n) is 2.80. The summed E-state index contributed by atoms with van der Waals surface area (Å²) >= 11 is 8.76. The Morgan fingerprint density at radius 2 is 1.96 bits per heavy atom. The van der Waals surface area contributed by atoms with Gasteiger partial charge in [0.05, 0.1) is 11.6 Å². The van der Waals surface area contributed by atoms with E-state index in [1.54, 1.807) is 0 Å². The van der Waals surface area contributed by atoms with Crippen molar-refractivity contribution < 1.29 is 4.79 Å². The van der Waals surface area contributed by atoms with Crippen LogP contribution >= 0.6 is 28.1 Å². The minimum atomic E-state index is -0.290. The molecule has 25 heavy (non-hydrogen) atoms. The third kappa shape index (κ3) is 4.27. The molecule has 4 nitrogen and oxygen atoms in total. The van der Waals surface area contributed by atoms with E-state index in [9.17, 15) is 4.79 Å². The first-order chi connectivity index (χ1) is 12.0. The Morgan fingerprint density at radius 3 is 2.68 bits per heavy atom. The molecule has 128 valence electrons. The standard InChI is InChI=1S/C19H18BrN3OS/c1-12-16(18(24)21-11-13-6-3-2-4-7-13)17(23-19(25)22-12)14-8-5-9-15(20)10-14/h2-10,17H,11H2,1H3,(H,21,24)(H2,22,23,25)/t17-/m1/s1. The van der Waals surface area contributed by atoms with E-state index in [0.717, 1.165) is 21.3 Å². The SMILES string of the molecule is CC1=C(C(=O)NCc2ccccc2)[C@@H](c2cccc(Br)c2)NC(=S)N1. The zero-order valence-electron chi connectivity index (χ0n) is 13.7. The first kappa shape index (κ1) is 17.6. The largest absolute Gasteiger partial charge is 0.351 e. The Bertz CT molecular complexity index is 836. The van der Waals surface area contributed by atoms with E-state index in [4.69, 9.17) is 12.2 Å². The number of hydrogen-bond acceptors (Lipinski definition) is 2. The van der Waals surface area contributed by atoms with Crippen LogP contribution in [0.25, 0.3) is 0 Å². The summed E-state index contributed by atoms with van der Waals surface area (Å²) in [5.74, 6) is -0.117. The lowest BCUT2D eigenvalue weighted by Gasteiger charge is -2.30. The van der Waals surface area contributed by atoms with Gasteiger partial charge in [0.15, 0.2) is 5.11 Å². The van der Waals surface area contributed by atoms with Gasteiger partial charge in [0, 0.05) is 16.7 Å². The summed E-state index contributed by atoms with van der Waals surface area (Å²) in [6, 6.07) is 17.4. The average Bonchev–Trinajstić information content (AvgIpc) is 2.60. The first-order valence-corrected chi connectivity index (χ1v) is 9.10. The summed E-state index contributed by atoms with van der Waals surface area (Å²) in [6.45, 7) is 2.35. The van der Waals surface area contributed by atoms with Crippen molar-refractivity contribution >= 4 is 39.2 Å². The number of allylic oxidation sites excluding steroid dienone is 1. The number of nitrogens with one attached hydrogen (secondary N) is 3. The van der Waals surface area contributed by atoms with Crippen LogP contribution in [0.15, 0.2) is 70.3 Å². The molecule has 1 atom stereocenters. The van der Waals surface area contributed by atoms with E-state index in [2.05, 4.69) is 31.9 Å². The zero-order chi connectivity index (χ0) is 17.8. The summed E-state index contributed by atoms with van der Waals surface area (Å²) in [6.07, 6.45) is 0. The smallest absolute Gasteiger partial charge is 0.251 e. The van der Waals surface area contributed by atoms with Gasteiger partial charge < -0.3 is 16.0 Å². The molecule has 0 unspecified atom stereocenters. The van der Waals surface area contributed by atoms with Crippen LogP contribution in [0.1, 0.15) is 24.1 Å². The number of carbonyl (C=O) groups excluding carboxylic acids is 1. The number of rotatable bonds is 4. The summed E-state index contributed by atoms with van der Waals surface area (Å²) in [5, 5.41) is 9.76. The molecular weight excluding hydrogens is 398 g/mol. The highest BCUT2D eigenvalue weighted by molar-refractivity contribution is 9.10. The van der Waals surface area contributed by atoms with Crippen molar-refractivity contribution in [1.82, 2.24) is 16.0 Å². The number of benzene rings is 2. The third-order valence-corrected chi connectivity index (χ3v) is 4.70. The van der Waals surface area contributed by atoms with E-state index in [-0.39, 0.29) is 11.9 Å². The average molecular weight is 416 g/mol. The van der Waals surface area contributed by atoms with E-state index >= 15 is 0 Å². The van der Waals surface area contributed by atoms with Crippen LogP contribution in [0, 0.1) is 0 Å². The maximum atomic E-state index is 12.9. The molecule has 3 N–H and O–H groups in total. The van der Waals surface area contributed by atoms with Crippen molar-refractivity contribution in [2.24, 2.45) is 0 Å². The molecule has 6 heteroatoms. The number of carbonyl (C=O) groups is 1. The van der Waals surface area contributed by atoms with Gasteiger partial charge in [-0.05, 0) is 42.4 Å². The lowest BCUT2D eigenvalue weighted by atomic mass is 9.95. The fraction of sp³-hybridized carbons (Fsp3) is 0.158. The Labute approximate surface area is 160 Å². The molecule has 1 amide bonds. The molecule has 2 aromatic rings. The van der Waals surface area contributed by atoms with Crippen molar-refractivity contribution in [3.63, 3.8) is 0 Å². The van der Waals surface area contributed by atoms with Crippen LogP contribution in [-0.4, -0.2) is 11.0 Å². The number of hydrogen-bond donors (Lipinski definition) is 3. The van der Waals surface area contributed by atoms with Gasteiger partial charge in [0.2, 0.25) is 0 Å². The van der Waals surface area contributed by atoms with Crippen LogP contribution in [-0.2, 0) is 11.3 Å². The van der Waals surface area contributed by atoms with E-state index < -0.39 is 0 Å². The molecule has 0 bridgehead atoms. The van der Waals surface area contributed by atoms with Crippen molar-refractivity contribution in [2.45, 2.75) is 19.5 Å². The molecule has 0 aliphatic carbocycles. The Hall–Kier alpha value is -2.18. The van der Waals surface area contributed by atoms with Gasteiger partial charge in [-0.1, -0.05) is 58.4 Å². The van der Waals surface area contributed by atoms with Crippen LogP contribution in [0.3, 0.4) is 0 Å². The first-order valence-electron chi connectivity index (χ1n) is 7.90. The molecule has 3 rings (SSSR count). The predicted molar refractivity (Wildman–Crippen MR) is 107 cm³/mol. The molecule has 1 aliphatic rings. The summed E-state index contributed by atoms with van der Waals surface area (Å²) in [7, 11) is 0. The Morgan fingerprint density at radius 1 is 1.20 bits per heavy atom. The van der Waals surface area contributed by atoms with Crippen molar-refractivity contribution in [1.29, 1.82) is 0 Å². The van der Waals surface area contributed by atoms with Gasteiger partial charge >= 0.3 is 0 Å². The van der Waals surface area contributed by atoms with Gasteiger partial charge in [-0.2, -0.15) is 0 Å². The number of halogens is 1. The van der Waals surface area contributed by atoms with Gasteiger partial charge in [0.25, 0.3) is 5.91 Å². The molecule has 0 saturated heterocycles. The maximum Gasteiger partial charge on any atom is 0.251 e. The topological polar surface area (TPSA) is 53.2 Å². The highest BCUT2D eigenvalue weighted by Gasteiger charge is 2.29. The van der Waals surface area contributed by atoms with Gasteiger partial charge in [0.1, 0.15) is 0 Å². The second-order valence-electron chi connectivity index (χ2n) is 5.79. The van der Waals surface area contributed by atoms with Crippen LogP contribution in [0.4, 0.5) is 0 Å². The van der Waals surface area contributed by atoms with Gasteiger partial charge in [-0.25, -0.2) is 0 Å². The lowest BCUT2D eigenvalue weighted by Crippen LogP contribution is -2.46. The van der Waals surface area contributed by atoms with Crippen LogP contribution in [0.5, 0.6) is 0 Å². The Balaban J connectivity index is 1.85. The molecule has 2 aromatic carbocycles. The molecular formula is C19H18BrN3OS. The predicted octanol–water partition coefficient (Wildman–Crippen LogP) is 3.56. The fourth-order valence-corrected chi connectivity index (χ4v) is 3.49. The molecule has 0 radical (unpaired) electrons. The second kappa shape index (κ2) is 7.80. The van der Waals surface area contributed by atoms with Crippen LogP contribution < -0.4 is 16.0 Å². The van der Waals surface area contributed by atoms with Crippen molar-refractivity contribution in [3.8, 4) is 0 Å². The van der Waals surface area contributed by atoms with Gasteiger partial charge in [-0.3, -0.25) is 4.79 Å².